The summed E-state index contributed by atoms with van der Waals surface area (Å²) in [5.41, 5.74) is 0. The lowest BCUT2D eigenvalue weighted by molar-refractivity contribution is 0.0639. The van der Waals surface area contributed by atoms with E-state index in [1.807, 2.05) is 6.92 Å². The van der Waals surface area contributed by atoms with Gasteiger partial charge in [-0.3, -0.25) is 0 Å². The van der Waals surface area contributed by atoms with Crippen LogP contribution in [0.5, 0.6) is 6.01 Å². The number of halogens is 1. The molecule has 0 aromatic carbocycles. The second kappa shape index (κ2) is 9.71. The van der Waals surface area contributed by atoms with Crippen LogP contribution in [0.1, 0.15) is 13.3 Å². The number of rotatable bonds is 10. The Morgan fingerprint density at radius 2 is 1.95 bits per heavy atom. The highest BCUT2D eigenvalue weighted by Crippen LogP contribution is 2.11. The molecule has 0 aliphatic carbocycles. The summed E-state index contributed by atoms with van der Waals surface area (Å²) >= 11 is 5.76. The van der Waals surface area contributed by atoms with Crippen LogP contribution in [0, 0.1) is 0 Å². The molecule has 0 radical (unpaired) electrons. The molecule has 8 heteroatoms. The quantitative estimate of drug-likeness (QED) is 0.652. The molecule has 1 heterocycles. The average molecular weight is 291 g/mol. The first-order chi connectivity index (χ1) is 9.26. The number of hydrogen-bond donors (Lipinski definition) is 1. The lowest BCUT2D eigenvalue weighted by atomic mass is 10.5. The van der Waals surface area contributed by atoms with E-state index in [4.69, 9.17) is 25.8 Å². The van der Waals surface area contributed by atoms with Crippen LogP contribution in [0.4, 0.5) is 5.95 Å². The molecule has 0 atom stereocenters. The number of anilines is 1. The van der Waals surface area contributed by atoms with Gasteiger partial charge in [-0.15, -0.1) is 0 Å². The minimum absolute atomic E-state index is 0.109. The molecule has 1 rings (SSSR count). The van der Waals surface area contributed by atoms with Crippen LogP contribution in [0.3, 0.4) is 0 Å². The molecule has 0 aliphatic heterocycles. The van der Waals surface area contributed by atoms with Crippen molar-refractivity contribution in [1.82, 2.24) is 15.0 Å². The van der Waals surface area contributed by atoms with E-state index in [9.17, 15) is 0 Å². The van der Waals surface area contributed by atoms with Gasteiger partial charge in [-0.05, 0) is 18.5 Å². The largest absolute Gasteiger partial charge is 0.463 e. The van der Waals surface area contributed by atoms with E-state index in [1.54, 1.807) is 7.11 Å². The molecule has 0 unspecified atom stereocenters. The first-order valence-corrected chi connectivity index (χ1v) is 6.49. The molecule has 1 aromatic rings. The van der Waals surface area contributed by atoms with Crippen molar-refractivity contribution in [3.8, 4) is 6.01 Å². The van der Waals surface area contributed by atoms with Gasteiger partial charge in [0.25, 0.3) is 0 Å². The molecule has 0 fully saturated rings. The first-order valence-electron chi connectivity index (χ1n) is 6.11. The highest BCUT2D eigenvalue weighted by Gasteiger charge is 2.05. The van der Waals surface area contributed by atoms with Gasteiger partial charge in [0.15, 0.2) is 0 Å². The SMILES string of the molecule is CCNc1nc(Cl)nc(OCCCOCCOC)n1. The Morgan fingerprint density at radius 1 is 1.11 bits per heavy atom. The summed E-state index contributed by atoms with van der Waals surface area (Å²) in [5, 5.41) is 3.06. The molecule has 0 amide bonds. The Morgan fingerprint density at radius 3 is 2.68 bits per heavy atom. The van der Waals surface area contributed by atoms with E-state index in [-0.39, 0.29) is 11.3 Å². The van der Waals surface area contributed by atoms with Crippen LogP contribution >= 0.6 is 11.6 Å². The van der Waals surface area contributed by atoms with E-state index in [2.05, 4.69) is 20.3 Å². The summed E-state index contributed by atoms with van der Waals surface area (Å²) in [7, 11) is 1.64. The number of nitrogens with one attached hydrogen (secondary N) is 1. The van der Waals surface area contributed by atoms with Crippen molar-refractivity contribution in [2.24, 2.45) is 0 Å². The van der Waals surface area contributed by atoms with Gasteiger partial charge in [-0.1, -0.05) is 0 Å². The third-order valence-electron chi connectivity index (χ3n) is 2.02. The number of aromatic nitrogens is 3. The molecule has 0 aliphatic rings. The van der Waals surface area contributed by atoms with Gasteiger partial charge in [0, 0.05) is 26.7 Å². The molecule has 0 saturated carbocycles. The first kappa shape index (κ1) is 15.9. The molecular formula is C11H19ClN4O3. The van der Waals surface area contributed by atoms with E-state index in [1.165, 1.54) is 0 Å². The molecule has 108 valence electrons. The van der Waals surface area contributed by atoms with Crippen molar-refractivity contribution in [2.75, 3.05) is 45.4 Å². The minimum Gasteiger partial charge on any atom is -0.463 e. The van der Waals surface area contributed by atoms with Crippen molar-refractivity contribution < 1.29 is 14.2 Å². The maximum absolute atomic E-state index is 5.76. The van der Waals surface area contributed by atoms with Crippen LogP contribution in [0.2, 0.25) is 5.28 Å². The second-order valence-electron chi connectivity index (χ2n) is 3.55. The van der Waals surface area contributed by atoms with Gasteiger partial charge in [0.1, 0.15) is 0 Å². The lowest BCUT2D eigenvalue weighted by Gasteiger charge is -2.07. The van der Waals surface area contributed by atoms with Gasteiger partial charge in [0.2, 0.25) is 11.2 Å². The molecule has 0 saturated heterocycles. The zero-order valence-electron chi connectivity index (χ0n) is 11.2. The monoisotopic (exact) mass is 290 g/mol. The van der Waals surface area contributed by atoms with Crippen molar-refractivity contribution in [1.29, 1.82) is 0 Å². The Labute approximate surface area is 117 Å². The summed E-state index contributed by atoms with van der Waals surface area (Å²) in [4.78, 5) is 11.9. The number of nitrogens with zero attached hydrogens (tertiary/aromatic N) is 3. The van der Waals surface area contributed by atoms with Crippen LogP contribution in [-0.2, 0) is 9.47 Å². The zero-order valence-corrected chi connectivity index (χ0v) is 11.9. The fraction of sp³-hybridized carbons (Fsp3) is 0.727. The van der Waals surface area contributed by atoms with Crippen LogP contribution in [0.15, 0.2) is 0 Å². The van der Waals surface area contributed by atoms with Crippen LogP contribution in [-0.4, -0.2) is 55.0 Å². The maximum Gasteiger partial charge on any atom is 0.322 e. The van der Waals surface area contributed by atoms with Gasteiger partial charge >= 0.3 is 6.01 Å². The van der Waals surface area contributed by atoms with E-state index >= 15 is 0 Å². The normalized spacial score (nSPS) is 10.5. The predicted molar refractivity (Wildman–Crippen MR) is 71.8 cm³/mol. The Balaban J connectivity index is 2.25. The standard InChI is InChI=1S/C11H19ClN4O3/c1-3-13-10-14-9(12)15-11(16-10)19-6-4-5-18-8-7-17-2/h3-8H2,1-2H3,(H,13,14,15,16). The van der Waals surface area contributed by atoms with Crippen molar-refractivity contribution in [3.05, 3.63) is 5.28 Å². The Hall–Kier alpha value is -1.18. The number of ether oxygens (including phenoxy) is 3. The zero-order chi connectivity index (χ0) is 13.9. The molecule has 1 N–H and O–H groups in total. The van der Waals surface area contributed by atoms with Crippen molar-refractivity contribution in [3.63, 3.8) is 0 Å². The van der Waals surface area contributed by atoms with Gasteiger partial charge in [0.05, 0.1) is 19.8 Å². The molecule has 0 bridgehead atoms. The van der Waals surface area contributed by atoms with Gasteiger partial charge in [-0.25, -0.2) is 0 Å². The second-order valence-corrected chi connectivity index (χ2v) is 3.89. The van der Waals surface area contributed by atoms with Crippen molar-refractivity contribution >= 4 is 17.5 Å². The Kier molecular flexibility index (Phi) is 8.11. The van der Waals surface area contributed by atoms with Crippen LogP contribution in [0.25, 0.3) is 0 Å². The highest BCUT2D eigenvalue weighted by molar-refractivity contribution is 6.28. The number of hydrogen-bond acceptors (Lipinski definition) is 7. The van der Waals surface area contributed by atoms with Crippen molar-refractivity contribution in [2.45, 2.75) is 13.3 Å². The van der Waals surface area contributed by atoms with Crippen LogP contribution < -0.4 is 10.1 Å². The van der Waals surface area contributed by atoms with E-state index in [0.29, 0.717) is 38.9 Å². The third-order valence-corrected chi connectivity index (χ3v) is 2.19. The van der Waals surface area contributed by atoms with Gasteiger partial charge < -0.3 is 19.5 Å². The summed E-state index contributed by atoms with van der Waals surface area (Å²) in [6.45, 7) is 4.87. The summed E-state index contributed by atoms with van der Waals surface area (Å²) in [6, 6.07) is 0.216. The fourth-order valence-electron chi connectivity index (χ4n) is 1.20. The lowest BCUT2D eigenvalue weighted by Crippen LogP contribution is -2.09. The topological polar surface area (TPSA) is 78.4 Å². The smallest absolute Gasteiger partial charge is 0.322 e. The maximum atomic E-state index is 5.76. The summed E-state index contributed by atoms with van der Waals surface area (Å²) < 4.78 is 15.5. The minimum atomic E-state index is 0.109. The van der Waals surface area contributed by atoms with E-state index in [0.717, 1.165) is 6.42 Å². The van der Waals surface area contributed by atoms with E-state index < -0.39 is 0 Å². The fourth-order valence-corrected chi connectivity index (χ4v) is 1.35. The Bertz CT molecular complexity index is 368. The predicted octanol–water partition coefficient (Wildman–Crippen LogP) is 1.39. The highest BCUT2D eigenvalue weighted by atomic mass is 35.5. The number of methoxy groups -OCH3 is 1. The molecule has 19 heavy (non-hydrogen) atoms. The summed E-state index contributed by atoms with van der Waals surface area (Å²) in [5.74, 6) is 0.411. The summed E-state index contributed by atoms with van der Waals surface area (Å²) in [6.07, 6.45) is 0.740. The third kappa shape index (κ3) is 7.09. The molecular weight excluding hydrogens is 272 g/mol. The molecule has 1 aromatic heterocycles. The van der Waals surface area contributed by atoms with Gasteiger partial charge in [-0.2, -0.15) is 15.0 Å². The average Bonchev–Trinajstić information content (AvgIpc) is 2.37. The molecule has 0 spiro atoms. The molecule has 7 nitrogen and oxygen atoms in total.